The van der Waals surface area contributed by atoms with Crippen molar-refractivity contribution in [1.82, 2.24) is 0 Å². The summed E-state index contributed by atoms with van der Waals surface area (Å²) in [5, 5.41) is 11.5. The maximum Gasteiger partial charge on any atom is 0.270 e. The zero-order chi connectivity index (χ0) is 21.0. The first-order valence-electron chi connectivity index (χ1n) is 9.83. The van der Waals surface area contributed by atoms with Crippen molar-refractivity contribution >= 4 is 23.2 Å². The monoisotopic (exact) mass is 431 g/mol. The summed E-state index contributed by atoms with van der Waals surface area (Å²) in [6.45, 7) is 3.54. The van der Waals surface area contributed by atoms with E-state index in [0.717, 1.165) is 0 Å². The van der Waals surface area contributed by atoms with Crippen LogP contribution in [0.2, 0.25) is 5.02 Å². The fourth-order valence-electron chi connectivity index (χ4n) is 4.27. The van der Waals surface area contributed by atoms with E-state index in [4.69, 9.17) is 30.5 Å². The summed E-state index contributed by atoms with van der Waals surface area (Å²) in [4.78, 5) is 14.6. The van der Waals surface area contributed by atoms with Gasteiger partial charge in [-0.25, -0.2) is 0 Å². The number of carbonyl (C=O) groups excluding carboxylic acids is 1. The largest absolute Gasteiger partial charge is 0.478 e. The third kappa shape index (κ3) is 3.27. The number of halogens is 1. The molecule has 0 aromatic heterocycles. The second-order valence-electron chi connectivity index (χ2n) is 8.09. The van der Waals surface area contributed by atoms with Gasteiger partial charge in [-0.2, -0.15) is 0 Å². The Hall–Kier alpha value is -2.16. The predicted molar refractivity (Wildman–Crippen MR) is 108 cm³/mol. The molecule has 0 saturated carbocycles. The summed E-state index contributed by atoms with van der Waals surface area (Å²) >= 11 is 6.00. The van der Waals surface area contributed by atoms with Gasteiger partial charge in [0.15, 0.2) is 12.1 Å². The summed E-state index contributed by atoms with van der Waals surface area (Å²) in [5.41, 5.74) is 0.650. The number of amides is 1. The Morgan fingerprint density at radius 1 is 1.03 bits per heavy atom. The number of β-lactam (4-membered cyclic amide) rings is 1. The Bertz CT molecular complexity index is 936. The van der Waals surface area contributed by atoms with Crippen molar-refractivity contribution in [2.75, 3.05) is 4.90 Å². The number of anilines is 1. The third-order valence-electron chi connectivity index (χ3n) is 5.59. The molecular formula is C22H22ClNO6. The minimum absolute atomic E-state index is 0.221. The van der Waals surface area contributed by atoms with Crippen LogP contribution < -0.4 is 9.64 Å². The molecule has 3 saturated heterocycles. The average Bonchev–Trinajstić information content (AvgIpc) is 3.18. The molecule has 0 aliphatic carbocycles. The number of hydrogen-bond acceptors (Lipinski definition) is 6. The molecule has 3 aliphatic rings. The first kappa shape index (κ1) is 19.8. The zero-order valence-electron chi connectivity index (χ0n) is 16.5. The van der Waals surface area contributed by atoms with Crippen LogP contribution in [-0.4, -0.2) is 53.5 Å². The molecule has 3 fully saturated rings. The van der Waals surface area contributed by atoms with Crippen molar-refractivity contribution in [2.24, 2.45) is 0 Å². The van der Waals surface area contributed by atoms with Gasteiger partial charge in [-0.05, 0) is 50.2 Å². The summed E-state index contributed by atoms with van der Waals surface area (Å²) in [6.07, 6.45) is -3.87. The van der Waals surface area contributed by atoms with E-state index in [-0.39, 0.29) is 5.91 Å². The summed E-state index contributed by atoms with van der Waals surface area (Å²) in [5.74, 6) is -0.494. The van der Waals surface area contributed by atoms with Crippen LogP contribution in [0, 0.1) is 0 Å². The number of fused-ring (bicyclic) bond motifs is 1. The van der Waals surface area contributed by atoms with Gasteiger partial charge >= 0.3 is 0 Å². The van der Waals surface area contributed by atoms with Crippen LogP contribution in [0.1, 0.15) is 13.8 Å². The number of carbonyl (C=O) groups is 1. The van der Waals surface area contributed by atoms with Crippen molar-refractivity contribution in [3.05, 3.63) is 59.6 Å². The van der Waals surface area contributed by atoms with Gasteiger partial charge in [-0.3, -0.25) is 9.69 Å². The van der Waals surface area contributed by atoms with Gasteiger partial charge in [-0.1, -0.05) is 29.8 Å². The van der Waals surface area contributed by atoms with Gasteiger partial charge in [0.25, 0.3) is 5.91 Å². The molecule has 1 N–H and O–H groups in total. The Labute approximate surface area is 179 Å². The Morgan fingerprint density at radius 3 is 2.40 bits per heavy atom. The summed E-state index contributed by atoms with van der Waals surface area (Å²) in [7, 11) is 0. The van der Waals surface area contributed by atoms with E-state index in [1.54, 1.807) is 55.1 Å². The molecule has 3 aliphatic heterocycles. The Kier molecular flexibility index (Phi) is 4.76. The fourth-order valence-corrected chi connectivity index (χ4v) is 4.39. The highest BCUT2D eigenvalue weighted by Crippen LogP contribution is 2.43. The maximum absolute atomic E-state index is 13.0. The van der Waals surface area contributed by atoms with Crippen LogP contribution in [0.25, 0.3) is 0 Å². The number of aliphatic hydroxyl groups excluding tert-OH is 1. The second kappa shape index (κ2) is 7.21. The van der Waals surface area contributed by atoms with Crippen LogP contribution in [-0.2, 0) is 19.0 Å². The van der Waals surface area contributed by atoms with Gasteiger partial charge in [0, 0.05) is 10.7 Å². The molecule has 3 heterocycles. The number of rotatable bonds is 4. The molecule has 7 nitrogen and oxygen atoms in total. The lowest BCUT2D eigenvalue weighted by Gasteiger charge is -2.49. The number of hydrogen-bond donors (Lipinski definition) is 1. The highest BCUT2D eigenvalue weighted by molar-refractivity contribution is 6.30. The van der Waals surface area contributed by atoms with Crippen molar-refractivity contribution < 1.29 is 28.8 Å². The van der Waals surface area contributed by atoms with Gasteiger partial charge in [0.05, 0.1) is 0 Å². The smallest absolute Gasteiger partial charge is 0.270 e. The van der Waals surface area contributed by atoms with Crippen LogP contribution in [0.4, 0.5) is 5.69 Å². The minimum Gasteiger partial charge on any atom is -0.478 e. The Morgan fingerprint density at radius 2 is 1.73 bits per heavy atom. The second-order valence-corrected chi connectivity index (χ2v) is 8.52. The lowest BCUT2D eigenvalue weighted by atomic mass is 9.88. The quantitative estimate of drug-likeness (QED) is 0.750. The molecule has 6 atom stereocenters. The molecule has 0 bridgehead atoms. The van der Waals surface area contributed by atoms with E-state index in [0.29, 0.717) is 16.5 Å². The van der Waals surface area contributed by atoms with E-state index >= 15 is 0 Å². The normalized spacial score (nSPS) is 34.5. The molecule has 2 aromatic rings. The number of benzene rings is 2. The van der Waals surface area contributed by atoms with E-state index in [9.17, 15) is 9.90 Å². The van der Waals surface area contributed by atoms with E-state index in [1.807, 2.05) is 18.2 Å². The minimum atomic E-state index is -0.980. The maximum atomic E-state index is 13.0. The van der Waals surface area contributed by atoms with Gasteiger partial charge < -0.3 is 24.1 Å². The van der Waals surface area contributed by atoms with Crippen LogP contribution in [0.15, 0.2) is 54.6 Å². The predicted octanol–water partition coefficient (Wildman–Crippen LogP) is 2.74. The third-order valence-corrected chi connectivity index (χ3v) is 5.84. The lowest BCUT2D eigenvalue weighted by molar-refractivity contribution is -0.221. The van der Waals surface area contributed by atoms with Crippen LogP contribution in [0.3, 0.4) is 0 Å². The number of ether oxygens (including phenoxy) is 4. The Balaban J connectivity index is 1.44. The molecule has 158 valence electrons. The first-order chi connectivity index (χ1) is 14.3. The van der Waals surface area contributed by atoms with Crippen LogP contribution >= 0.6 is 11.6 Å². The topological polar surface area (TPSA) is 77.5 Å². The first-order valence-corrected chi connectivity index (χ1v) is 10.2. The lowest BCUT2D eigenvalue weighted by Crippen LogP contribution is -2.73. The van der Waals surface area contributed by atoms with Crippen LogP contribution in [0.5, 0.6) is 5.75 Å². The number of aliphatic hydroxyl groups is 1. The van der Waals surface area contributed by atoms with Crippen molar-refractivity contribution in [3.63, 3.8) is 0 Å². The fraction of sp³-hybridized carbons (Fsp3) is 0.409. The highest BCUT2D eigenvalue weighted by Gasteiger charge is 2.63. The van der Waals surface area contributed by atoms with Gasteiger partial charge in [0.2, 0.25) is 6.10 Å². The highest BCUT2D eigenvalue weighted by atomic mass is 35.5. The number of para-hydroxylation sites is 1. The number of nitrogens with zero attached hydrogens (tertiary/aromatic N) is 1. The standard InChI is InChI=1S/C22H22ClNO6/c1-22(2)29-19-16(25)17(28-21(19)30-22)15-18(27-14-6-4-3-5-7-14)20(26)24(15)13-10-8-12(23)9-11-13/h3-11,15-19,21,25H,1-2H3/t15-,16+,17-,18+,19-,21-/m1/s1. The van der Waals surface area contributed by atoms with Gasteiger partial charge in [0.1, 0.15) is 30.1 Å². The molecule has 0 spiro atoms. The molecule has 8 heteroatoms. The van der Waals surface area contributed by atoms with E-state index in [1.165, 1.54) is 0 Å². The molecule has 2 aromatic carbocycles. The summed E-state index contributed by atoms with van der Waals surface area (Å²) in [6, 6.07) is 15.5. The molecule has 1 amide bonds. The van der Waals surface area contributed by atoms with Gasteiger partial charge in [-0.15, -0.1) is 0 Å². The molecule has 5 rings (SSSR count). The van der Waals surface area contributed by atoms with E-state index < -0.39 is 42.5 Å². The van der Waals surface area contributed by atoms with Crippen molar-refractivity contribution in [3.8, 4) is 5.75 Å². The SMILES string of the molecule is CC1(C)O[C@H]2O[C@H]([C@@H]3[C@H](Oc4ccccc4)C(=O)N3c3ccc(Cl)cc3)[C@H](O)[C@H]2O1. The van der Waals surface area contributed by atoms with Crippen molar-refractivity contribution in [1.29, 1.82) is 0 Å². The van der Waals surface area contributed by atoms with Crippen molar-refractivity contribution in [2.45, 2.75) is 56.4 Å². The molecular weight excluding hydrogens is 410 g/mol. The summed E-state index contributed by atoms with van der Waals surface area (Å²) < 4.78 is 23.6. The molecule has 30 heavy (non-hydrogen) atoms. The molecule has 0 unspecified atom stereocenters. The van der Waals surface area contributed by atoms with E-state index in [2.05, 4.69) is 0 Å². The zero-order valence-corrected chi connectivity index (χ0v) is 17.2. The molecule has 0 radical (unpaired) electrons. The average molecular weight is 432 g/mol.